The smallest absolute Gasteiger partial charge is 0.309 e. The third-order valence-electron chi connectivity index (χ3n) is 3.23. The Bertz CT molecular complexity index is 391. The zero-order valence-corrected chi connectivity index (χ0v) is 9.78. The van der Waals surface area contributed by atoms with Crippen LogP contribution in [0.4, 0.5) is 4.39 Å². The van der Waals surface area contributed by atoms with Gasteiger partial charge in [-0.05, 0) is 30.0 Å². The molecule has 1 heterocycles. The monoisotopic (exact) mass is 237 g/mol. The highest BCUT2D eigenvalue weighted by Gasteiger charge is 2.28. The second kappa shape index (κ2) is 5.27. The summed E-state index contributed by atoms with van der Waals surface area (Å²) >= 11 is 0. The van der Waals surface area contributed by atoms with Gasteiger partial charge in [-0.15, -0.1) is 0 Å². The van der Waals surface area contributed by atoms with Crippen molar-refractivity contribution in [2.24, 2.45) is 5.92 Å². The summed E-state index contributed by atoms with van der Waals surface area (Å²) in [5.74, 6) is -0.274. The summed E-state index contributed by atoms with van der Waals surface area (Å²) in [6.45, 7) is 1.48. The van der Waals surface area contributed by atoms with E-state index in [2.05, 4.69) is 5.32 Å². The maximum absolute atomic E-state index is 12.8. The van der Waals surface area contributed by atoms with Crippen LogP contribution in [0.5, 0.6) is 0 Å². The molecular formula is C13H16FNO2. The zero-order valence-electron chi connectivity index (χ0n) is 9.78. The molecule has 1 saturated heterocycles. The van der Waals surface area contributed by atoms with Crippen molar-refractivity contribution in [3.05, 3.63) is 35.6 Å². The van der Waals surface area contributed by atoms with E-state index in [-0.39, 0.29) is 23.6 Å². The van der Waals surface area contributed by atoms with Crippen LogP contribution in [-0.4, -0.2) is 26.2 Å². The van der Waals surface area contributed by atoms with Crippen LogP contribution in [0.2, 0.25) is 0 Å². The number of piperidine rings is 1. The average Bonchev–Trinajstić information content (AvgIpc) is 2.39. The van der Waals surface area contributed by atoms with Crippen molar-refractivity contribution in [3.8, 4) is 0 Å². The first-order valence-electron chi connectivity index (χ1n) is 5.74. The summed E-state index contributed by atoms with van der Waals surface area (Å²) in [7, 11) is 1.41. The molecule has 3 nitrogen and oxygen atoms in total. The Morgan fingerprint density at radius 3 is 2.71 bits per heavy atom. The molecule has 17 heavy (non-hydrogen) atoms. The van der Waals surface area contributed by atoms with Crippen LogP contribution in [0.3, 0.4) is 0 Å². The van der Waals surface area contributed by atoms with E-state index in [1.165, 1.54) is 19.2 Å². The molecule has 2 atom stereocenters. The van der Waals surface area contributed by atoms with Gasteiger partial charge >= 0.3 is 5.97 Å². The number of carbonyl (C=O) groups excluding carboxylic acids is 1. The molecule has 0 saturated carbocycles. The van der Waals surface area contributed by atoms with Crippen LogP contribution in [-0.2, 0) is 9.53 Å². The van der Waals surface area contributed by atoms with Gasteiger partial charge in [0.25, 0.3) is 0 Å². The first kappa shape index (κ1) is 12.0. The molecule has 0 radical (unpaired) electrons. The number of nitrogens with one attached hydrogen (secondary N) is 1. The van der Waals surface area contributed by atoms with Gasteiger partial charge in [0, 0.05) is 13.1 Å². The van der Waals surface area contributed by atoms with Crippen LogP contribution >= 0.6 is 0 Å². The van der Waals surface area contributed by atoms with Crippen molar-refractivity contribution >= 4 is 5.97 Å². The number of hydrogen-bond acceptors (Lipinski definition) is 3. The largest absolute Gasteiger partial charge is 0.469 e. The fraction of sp³-hybridized carbons (Fsp3) is 0.462. The predicted octanol–water partition coefficient (Wildman–Crippen LogP) is 1.69. The fourth-order valence-electron chi connectivity index (χ4n) is 2.28. The Morgan fingerprint density at radius 2 is 2.06 bits per heavy atom. The molecule has 1 aliphatic heterocycles. The summed E-state index contributed by atoms with van der Waals surface area (Å²) in [5, 5.41) is 3.22. The lowest BCUT2D eigenvalue weighted by molar-refractivity contribution is -0.146. The molecule has 0 aliphatic carbocycles. The van der Waals surface area contributed by atoms with Crippen LogP contribution in [0.1, 0.15) is 17.9 Å². The summed E-state index contributed by atoms with van der Waals surface area (Å²) in [4.78, 5) is 11.5. The number of rotatable bonds is 2. The van der Waals surface area contributed by atoms with Gasteiger partial charge in [0.05, 0.1) is 13.0 Å². The van der Waals surface area contributed by atoms with Crippen molar-refractivity contribution in [2.75, 3.05) is 20.2 Å². The van der Waals surface area contributed by atoms with Crippen LogP contribution < -0.4 is 5.32 Å². The van der Waals surface area contributed by atoms with Crippen LogP contribution in [0.25, 0.3) is 0 Å². The third kappa shape index (κ3) is 2.82. The topological polar surface area (TPSA) is 38.3 Å². The molecule has 1 N–H and O–H groups in total. The van der Waals surface area contributed by atoms with Crippen molar-refractivity contribution in [3.63, 3.8) is 0 Å². The van der Waals surface area contributed by atoms with Crippen molar-refractivity contribution < 1.29 is 13.9 Å². The maximum Gasteiger partial charge on any atom is 0.309 e. The third-order valence-corrected chi connectivity index (χ3v) is 3.23. The van der Waals surface area contributed by atoms with Crippen molar-refractivity contribution in [1.82, 2.24) is 5.32 Å². The second-order valence-corrected chi connectivity index (χ2v) is 4.36. The van der Waals surface area contributed by atoms with Gasteiger partial charge in [0.1, 0.15) is 5.82 Å². The summed E-state index contributed by atoms with van der Waals surface area (Å²) in [6.07, 6.45) is 0.755. The van der Waals surface area contributed by atoms with E-state index in [9.17, 15) is 9.18 Å². The minimum Gasteiger partial charge on any atom is -0.469 e. The lowest BCUT2D eigenvalue weighted by Gasteiger charge is -2.28. The number of carbonyl (C=O) groups is 1. The molecule has 92 valence electrons. The van der Waals surface area contributed by atoms with E-state index in [0.717, 1.165) is 18.5 Å². The Kier molecular flexibility index (Phi) is 3.74. The quantitative estimate of drug-likeness (QED) is 0.795. The number of ether oxygens (including phenoxy) is 1. The van der Waals surface area contributed by atoms with E-state index < -0.39 is 0 Å². The number of halogens is 1. The summed E-state index contributed by atoms with van der Waals surface area (Å²) in [5.41, 5.74) is 1.06. The number of benzene rings is 1. The molecule has 1 aromatic rings. The van der Waals surface area contributed by atoms with Crippen molar-refractivity contribution in [1.29, 1.82) is 0 Å². The Labute approximate surface area is 100.0 Å². The Morgan fingerprint density at radius 1 is 1.35 bits per heavy atom. The summed E-state index contributed by atoms with van der Waals surface area (Å²) in [6, 6.07) is 6.47. The molecule has 4 heteroatoms. The van der Waals surface area contributed by atoms with E-state index in [1.807, 2.05) is 0 Å². The number of hydrogen-bond donors (Lipinski definition) is 1. The predicted molar refractivity (Wildman–Crippen MR) is 62.1 cm³/mol. The molecule has 0 amide bonds. The zero-order chi connectivity index (χ0) is 12.3. The van der Waals surface area contributed by atoms with Gasteiger partial charge < -0.3 is 10.1 Å². The van der Waals surface area contributed by atoms with Crippen LogP contribution in [0, 0.1) is 11.7 Å². The van der Waals surface area contributed by atoms with Gasteiger partial charge in [0.2, 0.25) is 0 Å². The van der Waals surface area contributed by atoms with E-state index in [4.69, 9.17) is 4.74 Å². The van der Waals surface area contributed by atoms with Crippen molar-refractivity contribution in [2.45, 2.75) is 12.3 Å². The first-order chi connectivity index (χ1) is 8.20. The minimum atomic E-state index is -0.234. The van der Waals surface area contributed by atoms with E-state index in [1.54, 1.807) is 12.1 Å². The first-order valence-corrected chi connectivity index (χ1v) is 5.74. The fourth-order valence-corrected chi connectivity index (χ4v) is 2.28. The van der Waals surface area contributed by atoms with Gasteiger partial charge in [0.15, 0.2) is 0 Å². The highest BCUT2D eigenvalue weighted by atomic mass is 19.1. The normalized spacial score (nSPS) is 24.4. The van der Waals surface area contributed by atoms with Gasteiger partial charge in [-0.1, -0.05) is 12.1 Å². The van der Waals surface area contributed by atoms with Crippen LogP contribution in [0.15, 0.2) is 24.3 Å². The molecule has 1 aliphatic rings. The molecule has 0 spiro atoms. The number of methoxy groups -OCH3 is 1. The van der Waals surface area contributed by atoms with E-state index >= 15 is 0 Å². The number of esters is 1. The SMILES string of the molecule is COC(=O)[C@H]1CNC[C@@H](c2ccc(F)cc2)C1. The highest BCUT2D eigenvalue weighted by Crippen LogP contribution is 2.27. The van der Waals surface area contributed by atoms with Gasteiger partial charge in [-0.2, -0.15) is 0 Å². The molecule has 2 rings (SSSR count). The maximum atomic E-state index is 12.8. The standard InChI is InChI=1S/C13H16FNO2/c1-17-13(16)11-6-10(7-15-8-11)9-2-4-12(14)5-3-9/h2-5,10-11,15H,6-8H2,1H3/t10-,11+/m0/s1. The molecule has 1 aromatic carbocycles. The minimum absolute atomic E-state index is 0.108. The van der Waals surface area contributed by atoms with Gasteiger partial charge in [-0.3, -0.25) is 4.79 Å². The second-order valence-electron chi connectivity index (χ2n) is 4.36. The average molecular weight is 237 g/mol. The lowest BCUT2D eigenvalue weighted by Crippen LogP contribution is -2.39. The lowest BCUT2D eigenvalue weighted by atomic mass is 9.85. The summed E-state index contributed by atoms with van der Waals surface area (Å²) < 4.78 is 17.6. The molecule has 1 fully saturated rings. The molecule has 0 aromatic heterocycles. The van der Waals surface area contributed by atoms with Gasteiger partial charge in [-0.25, -0.2) is 4.39 Å². The molecule has 0 unspecified atom stereocenters. The highest BCUT2D eigenvalue weighted by molar-refractivity contribution is 5.72. The molecule has 0 bridgehead atoms. The molecular weight excluding hydrogens is 221 g/mol. The Hall–Kier alpha value is -1.42. The Balaban J connectivity index is 2.06. The van der Waals surface area contributed by atoms with E-state index in [0.29, 0.717) is 6.54 Å².